The molecular weight excluding hydrogens is 266 g/mol. The van der Waals surface area contributed by atoms with Crippen LogP contribution in [0.3, 0.4) is 0 Å². The second-order valence-electron chi connectivity index (χ2n) is 5.11. The molecule has 0 aliphatic carbocycles. The topological polar surface area (TPSA) is 68.0 Å². The standard InChI is InChI=1S/C16H21N3O2/c1-2-3-7-12-19-14(15(16(20)21)17-18-19)11-10-13-8-5-4-6-9-13/h4-6,8-9H,2-3,7,10-12H2,1H3,(H,20,21). The predicted octanol–water partition coefficient (Wildman–Crippen LogP) is 2.95. The maximum absolute atomic E-state index is 11.3. The first kappa shape index (κ1) is 15.2. The summed E-state index contributed by atoms with van der Waals surface area (Å²) in [4.78, 5) is 11.3. The van der Waals surface area contributed by atoms with E-state index in [0.29, 0.717) is 6.42 Å². The molecule has 0 atom stereocenters. The number of aromatic nitrogens is 3. The molecule has 0 aliphatic rings. The molecule has 1 aromatic carbocycles. The van der Waals surface area contributed by atoms with Crippen molar-refractivity contribution < 1.29 is 9.90 Å². The fourth-order valence-corrected chi connectivity index (χ4v) is 2.34. The SMILES string of the molecule is CCCCCn1nnc(C(=O)O)c1CCc1ccccc1. The number of aromatic carboxylic acids is 1. The summed E-state index contributed by atoms with van der Waals surface area (Å²) in [5.74, 6) is -1.00. The van der Waals surface area contributed by atoms with E-state index in [2.05, 4.69) is 17.2 Å². The number of nitrogens with zero attached hydrogens (tertiary/aromatic N) is 3. The van der Waals surface area contributed by atoms with Crippen LogP contribution in [0.1, 0.15) is 47.9 Å². The van der Waals surface area contributed by atoms with E-state index in [0.717, 1.165) is 37.9 Å². The Kier molecular flexibility index (Phi) is 5.49. The third kappa shape index (κ3) is 4.15. The second-order valence-corrected chi connectivity index (χ2v) is 5.11. The van der Waals surface area contributed by atoms with Crippen LogP contribution in [0.5, 0.6) is 0 Å². The van der Waals surface area contributed by atoms with E-state index in [1.807, 2.05) is 30.3 Å². The van der Waals surface area contributed by atoms with Crippen LogP contribution in [0.15, 0.2) is 30.3 Å². The monoisotopic (exact) mass is 287 g/mol. The Balaban J connectivity index is 2.10. The summed E-state index contributed by atoms with van der Waals surface area (Å²) in [6.07, 6.45) is 4.67. The van der Waals surface area contributed by atoms with Gasteiger partial charge in [0.2, 0.25) is 0 Å². The van der Waals surface area contributed by atoms with Crippen molar-refractivity contribution >= 4 is 5.97 Å². The fraction of sp³-hybridized carbons (Fsp3) is 0.438. The molecule has 0 saturated heterocycles. The van der Waals surface area contributed by atoms with Crippen molar-refractivity contribution in [2.45, 2.75) is 45.6 Å². The molecule has 0 unspecified atom stereocenters. The third-order valence-electron chi connectivity index (χ3n) is 3.51. The van der Waals surface area contributed by atoms with E-state index in [-0.39, 0.29) is 5.69 Å². The number of carboxylic acid groups (broad SMARTS) is 1. The molecule has 0 amide bonds. The van der Waals surface area contributed by atoms with Gasteiger partial charge in [-0.25, -0.2) is 9.48 Å². The minimum absolute atomic E-state index is 0.0856. The molecule has 112 valence electrons. The van der Waals surface area contributed by atoms with Gasteiger partial charge in [0.05, 0.1) is 5.69 Å². The first-order valence-corrected chi connectivity index (χ1v) is 7.42. The molecule has 1 aromatic heterocycles. The van der Waals surface area contributed by atoms with Gasteiger partial charge in [-0.1, -0.05) is 55.3 Å². The number of rotatable bonds is 8. The third-order valence-corrected chi connectivity index (χ3v) is 3.51. The lowest BCUT2D eigenvalue weighted by molar-refractivity contribution is 0.0689. The lowest BCUT2D eigenvalue weighted by atomic mass is 10.1. The number of carbonyl (C=O) groups is 1. The van der Waals surface area contributed by atoms with Crippen LogP contribution < -0.4 is 0 Å². The van der Waals surface area contributed by atoms with Crippen LogP contribution in [-0.4, -0.2) is 26.1 Å². The van der Waals surface area contributed by atoms with Gasteiger partial charge in [0.25, 0.3) is 0 Å². The summed E-state index contributed by atoms with van der Waals surface area (Å²) in [5.41, 5.74) is 2.00. The van der Waals surface area contributed by atoms with Crippen molar-refractivity contribution in [3.05, 3.63) is 47.3 Å². The minimum Gasteiger partial charge on any atom is -0.476 e. The Bertz CT molecular complexity index is 578. The molecule has 0 spiro atoms. The quantitative estimate of drug-likeness (QED) is 0.758. The van der Waals surface area contributed by atoms with Crippen LogP contribution in [0.2, 0.25) is 0 Å². The number of carboxylic acids is 1. The predicted molar refractivity (Wildman–Crippen MR) is 80.4 cm³/mol. The Morgan fingerprint density at radius 3 is 2.62 bits per heavy atom. The zero-order valence-corrected chi connectivity index (χ0v) is 12.3. The molecule has 0 saturated carbocycles. The van der Waals surface area contributed by atoms with Crippen molar-refractivity contribution in [2.75, 3.05) is 0 Å². The molecule has 2 aromatic rings. The van der Waals surface area contributed by atoms with Gasteiger partial charge in [-0.05, 0) is 24.8 Å². The number of hydrogen-bond donors (Lipinski definition) is 1. The first-order valence-electron chi connectivity index (χ1n) is 7.42. The Morgan fingerprint density at radius 1 is 1.19 bits per heavy atom. The Hall–Kier alpha value is -2.17. The lowest BCUT2D eigenvalue weighted by Gasteiger charge is -2.07. The van der Waals surface area contributed by atoms with E-state index in [1.165, 1.54) is 5.56 Å². The van der Waals surface area contributed by atoms with Gasteiger partial charge in [-0.15, -0.1) is 5.10 Å². The van der Waals surface area contributed by atoms with Crippen LogP contribution in [-0.2, 0) is 19.4 Å². The highest BCUT2D eigenvalue weighted by Crippen LogP contribution is 2.12. The largest absolute Gasteiger partial charge is 0.476 e. The molecule has 1 heterocycles. The summed E-state index contributed by atoms with van der Waals surface area (Å²) in [5, 5.41) is 17.1. The molecule has 2 rings (SSSR count). The number of unbranched alkanes of at least 4 members (excludes halogenated alkanes) is 2. The molecule has 0 radical (unpaired) electrons. The van der Waals surface area contributed by atoms with E-state index in [9.17, 15) is 9.90 Å². The maximum Gasteiger partial charge on any atom is 0.358 e. The van der Waals surface area contributed by atoms with E-state index >= 15 is 0 Å². The normalized spacial score (nSPS) is 10.7. The van der Waals surface area contributed by atoms with Gasteiger partial charge in [0.1, 0.15) is 0 Å². The summed E-state index contributed by atoms with van der Waals surface area (Å²) < 4.78 is 1.75. The molecule has 5 nitrogen and oxygen atoms in total. The maximum atomic E-state index is 11.3. The zero-order chi connectivity index (χ0) is 15.1. The molecular formula is C16H21N3O2. The Morgan fingerprint density at radius 2 is 1.95 bits per heavy atom. The van der Waals surface area contributed by atoms with Gasteiger partial charge in [0, 0.05) is 6.54 Å². The van der Waals surface area contributed by atoms with E-state index in [1.54, 1.807) is 4.68 Å². The molecule has 5 heteroatoms. The highest BCUT2D eigenvalue weighted by Gasteiger charge is 2.18. The van der Waals surface area contributed by atoms with Gasteiger partial charge in [-0.3, -0.25) is 0 Å². The molecule has 1 N–H and O–H groups in total. The van der Waals surface area contributed by atoms with Crippen molar-refractivity contribution in [1.82, 2.24) is 15.0 Å². The zero-order valence-electron chi connectivity index (χ0n) is 12.3. The van der Waals surface area contributed by atoms with Crippen molar-refractivity contribution in [3.63, 3.8) is 0 Å². The molecule has 0 fully saturated rings. The van der Waals surface area contributed by atoms with E-state index < -0.39 is 5.97 Å². The fourth-order valence-electron chi connectivity index (χ4n) is 2.34. The van der Waals surface area contributed by atoms with E-state index in [4.69, 9.17) is 0 Å². The van der Waals surface area contributed by atoms with Crippen molar-refractivity contribution in [1.29, 1.82) is 0 Å². The highest BCUT2D eigenvalue weighted by atomic mass is 16.4. The number of hydrogen-bond acceptors (Lipinski definition) is 3. The lowest BCUT2D eigenvalue weighted by Crippen LogP contribution is -2.10. The average Bonchev–Trinajstić information content (AvgIpc) is 2.90. The van der Waals surface area contributed by atoms with Crippen LogP contribution in [0.25, 0.3) is 0 Å². The van der Waals surface area contributed by atoms with Crippen LogP contribution in [0, 0.1) is 0 Å². The molecule has 0 aliphatic heterocycles. The summed E-state index contributed by atoms with van der Waals surface area (Å²) in [6.45, 7) is 2.87. The molecule has 0 bridgehead atoms. The van der Waals surface area contributed by atoms with Crippen LogP contribution in [0.4, 0.5) is 0 Å². The minimum atomic E-state index is -1.00. The number of aryl methyl sites for hydroxylation is 2. The summed E-state index contributed by atoms with van der Waals surface area (Å²) >= 11 is 0. The van der Waals surface area contributed by atoms with Gasteiger partial charge >= 0.3 is 5.97 Å². The summed E-state index contributed by atoms with van der Waals surface area (Å²) in [7, 11) is 0. The summed E-state index contributed by atoms with van der Waals surface area (Å²) in [6, 6.07) is 10.1. The van der Waals surface area contributed by atoms with Crippen molar-refractivity contribution in [3.8, 4) is 0 Å². The second kappa shape index (κ2) is 7.57. The van der Waals surface area contributed by atoms with Crippen molar-refractivity contribution in [2.24, 2.45) is 0 Å². The average molecular weight is 287 g/mol. The van der Waals surface area contributed by atoms with Gasteiger partial charge in [-0.2, -0.15) is 0 Å². The van der Waals surface area contributed by atoms with Gasteiger partial charge in [0.15, 0.2) is 5.69 Å². The van der Waals surface area contributed by atoms with Gasteiger partial charge < -0.3 is 5.11 Å². The first-order chi connectivity index (χ1) is 10.2. The van der Waals surface area contributed by atoms with Crippen LogP contribution >= 0.6 is 0 Å². The highest BCUT2D eigenvalue weighted by molar-refractivity contribution is 5.86. The smallest absolute Gasteiger partial charge is 0.358 e. The Labute approximate surface area is 124 Å². The molecule has 21 heavy (non-hydrogen) atoms. The number of benzene rings is 1.